The molecule has 0 saturated heterocycles. The van der Waals surface area contributed by atoms with Gasteiger partial charge in [-0.2, -0.15) is 29.5 Å². The molecule has 8 rings (SSSR count). The molecule has 420 valence electrons. The number of anilines is 3. The summed E-state index contributed by atoms with van der Waals surface area (Å²) in [5.41, 5.74) is 9.36. The number of ether oxygens (including phenoxy) is 6. The third kappa shape index (κ3) is 19.7. The van der Waals surface area contributed by atoms with Crippen LogP contribution in [0.5, 0.6) is 11.5 Å². The zero-order valence-electron chi connectivity index (χ0n) is 45.0. The molecule has 0 radical (unpaired) electrons. The van der Waals surface area contributed by atoms with Crippen LogP contribution >= 0.6 is 11.6 Å². The van der Waals surface area contributed by atoms with Gasteiger partial charge in [-0.1, -0.05) is 22.6 Å². The van der Waals surface area contributed by atoms with Crippen molar-refractivity contribution < 1.29 is 47.6 Å². The Morgan fingerprint density at radius 1 is 0.646 bits per heavy atom. The first-order valence-corrected chi connectivity index (χ1v) is 25.1. The van der Waals surface area contributed by atoms with E-state index >= 15 is 0 Å². The molecule has 28 nitrogen and oxygen atoms in total. The fourth-order valence-electron chi connectivity index (χ4n) is 6.56. The molecular weight excluding hydrogens is 1050 g/mol. The number of halogens is 1. The molecule has 8 aromatic rings. The van der Waals surface area contributed by atoms with Crippen LogP contribution in [0.2, 0.25) is 5.28 Å². The topological polar surface area (TPSA) is 334 Å². The molecule has 0 spiro atoms. The zero-order chi connectivity index (χ0) is 57.0. The lowest BCUT2D eigenvalue weighted by Gasteiger charge is -2.19. The van der Waals surface area contributed by atoms with Crippen molar-refractivity contribution in [2.24, 2.45) is 0 Å². The number of aromatic nitrogens is 14. The summed E-state index contributed by atoms with van der Waals surface area (Å²) >= 11 is 5.78. The van der Waals surface area contributed by atoms with Crippen LogP contribution < -0.4 is 31.2 Å². The predicted octanol–water partition coefficient (Wildman–Crippen LogP) is 6.19. The number of nitrogens with zero attached hydrogens (tertiary/aromatic N) is 14. The Morgan fingerprint density at radius 2 is 1.14 bits per heavy atom. The van der Waals surface area contributed by atoms with Gasteiger partial charge in [0.2, 0.25) is 11.2 Å². The first kappa shape index (κ1) is 59.0. The summed E-state index contributed by atoms with van der Waals surface area (Å²) in [5, 5.41) is 33.3. The quantitative estimate of drug-likeness (QED) is 0.0217. The minimum absolute atomic E-state index is 0.115. The lowest BCUT2D eigenvalue weighted by atomic mass is 10.2. The number of nitrogens with one attached hydrogen (secondary N) is 3. The standard InChI is InChI=1S/C25H31N9O5.C14H22N2O3.C11H10ClN7O2/c1-25(2,3)39-24(36)26-10-6-12-38-19-8-5-7-17(13-19)29-23-27-15-20-22(30-23)34(32-31-20)18-14-28-33(16-18)11-9-21(35)37-4;1-14(2,3)19-13(17)16-8-5-9-18-12-7-4-6-11(15)10-12;1-21-9(20)2-3-18-6-7(4-14-18)19-10-8(16-17-19)5-13-11(12)15-10/h5,7-8,13-16H,6,9-12H2,1-4H3,(H,26,36)(H,27,29,30);4,6-7,10H,5,8-9,15H2,1-3H3,(H,16,17);4-6H,2-3H2,1H3. The first-order valence-electron chi connectivity index (χ1n) is 24.7. The van der Waals surface area contributed by atoms with Crippen LogP contribution in [0.1, 0.15) is 67.2 Å². The summed E-state index contributed by atoms with van der Waals surface area (Å²) in [5.74, 6) is 1.13. The summed E-state index contributed by atoms with van der Waals surface area (Å²) < 4.78 is 37.2. The molecule has 6 heterocycles. The molecule has 5 N–H and O–H groups in total. The van der Waals surface area contributed by atoms with E-state index in [1.54, 1.807) is 57.2 Å². The van der Waals surface area contributed by atoms with Gasteiger partial charge in [-0.3, -0.25) is 19.0 Å². The SMILES string of the molecule is CC(C)(C)OC(=O)NCCCOc1cccc(N)c1.COC(=O)CCn1cc(-n2nnc3cnc(Cl)nc32)cn1.COC(=O)CCn1cc(-n2nnc3cnc(Nc4cccc(OCCCNC(=O)OC(C)(C)C)c4)nc32)cn1. The maximum absolute atomic E-state index is 11.7. The molecule has 29 heteroatoms. The van der Waals surface area contributed by atoms with Gasteiger partial charge < -0.3 is 50.1 Å². The van der Waals surface area contributed by atoms with Crippen LogP contribution in [-0.2, 0) is 41.6 Å². The van der Waals surface area contributed by atoms with Gasteiger partial charge in [0.15, 0.2) is 22.3 Å². The normalized spacial score (nSPS) is 11.1. The molecule has 0 bridgehead atoms. The lowest BCUT2D eigenvalue weighted by Crippen LogP contribution is -2.33. The van der Waals surface area contributed by atoms with Crippen molar-refractivity contribution >= 4 is 75.4 Å². The van der Waals surface area contributed by atoms with Crippen molar-refractivity contribution in [1.82, 2.24) is 80.1 Å². The van der Waals surface area contributed by atoms with Crippen LogP contribution in [0, 0.1) is 0 Å². The number of aryl methyl sites for hydroxylation is 2. The van der Waals surface area contributed by atoms with Crippen LogP contribution in [-0.4, -0.2) is 145 Å². The van der Waals surface area contributed by atoms with E-state index in [2.05, 4.69) is 76.2 Å². The molecule has 0 aliphatic heterocycles. The van der Waals surface area contributed by atoms with Crippen molar-refractivity contribution in [1.29, 1.82) is 0 Å². The molecule has 2 amide bonds. The maximum atomic E-state index is 11.7. The van der Waals surface area contributed by atoms with Crippen LogP contribution in [0.25, 0.3) is 33.7 Å². The molecule has 0 aliphatic rings. The highest BCUT2D eigenvalue weighted by atomic mass is 35.5. The zero-order valence-corrected chi connectivity index (χ0v) is 45.7. The third-order valence-corrected chi connectivity index (χ3v) is 10.3. The number of fused-ring (bicyclic) bond motifs is 2. The monoisotopic (exact) mass is 1110 g/mol. The van der Waals surface area contributed by atoms with Crippen LogP contribution in [0.15, 0.2) is 85.7 Å². The van der Waals surface area contributed by atoms with Gasteiger partial charge >= 0.3 is 24.1 Å². The minimum Gasteiger partial charge on any atom is -0.493 e. The number of alkyl carbamates (subject to hydrolysis) is 2. The summed E-state index contributed by atoms with van der Waals surface area (Å²) in [6, 6.07) is 14.6. The van der Waals surface area contributed by atoms with Gasteiger partial charge in [0.05, 0.1) is 90.5 Å². The Kier molecular flexibility index (Phi) is 21.1. The summed E-state index contributed by atoms with van der Waals surface area (Å²) in [6.07, 6.45) is 10.7. The second kappa shape index (κ2) is 28.2. The average molecular weight is 1110 g/mol. The Hall–Kier alpha value is -9.21. The molecule has 2 aromatic carbocycles. The number of hydrogen-bond donors (Lipinski definition) is 4. The second-order valence-electron chi connectivity index (χ2n) is 18.8. The van der Waals surface area contributed by atoms with Gasteiger partial charge in [-0.25, -0.2) is 19.6 Å². The van der Waals surface area contributed by atoms with E-state index < -0.39 is 23.4 Å². The van der Waals surface area contributed by atoms with E-state index in [9.17, 15) is 19.2 Å². The molecule has 79 heavy (non-hydrogen) atoms. The molecule has 0 unspecified atom stereocenters. The van der Waals surface area contributed by atoms with Gasteiger partial charge in [-0.15, -0.1) is 10.2 Å². The first-order chi connectivity index (χ1) is 37.7. The summed E-state index contributed by atoms with van der Waals surface area (Å²) in [4.78, 5) is 62.4. The number of methoxy groups -OCH3 is 2. The largest absolute Gasteiger partial charge is 0.493 e. The number of nitrogens with two attached hydrogens (primary N) is 1. The second-order valence-corrected chi connectivity index (χ2v) is 19.2. The molecule has 6 aromatic heterocycles. The van der Waals surface area contributed by atoms with Gasteiger partial charge in [-0.05, 0) is 90.3 Å². The third-order valence-electron chi connectivity index (χ3n) is 10.1. The molecular formula is C50H63ClN18O10. The minimum atomic E-state index is -0.533. The number of esters is 2. The Bertz CT molecular complexity index is 3270. The Morgan fingerprint density at radius 3 is 1.65 bits per heavy atom. The number of nitrogen functional groups attached to an aromatic ring is 1. The number of rotatable bonds is 20. The number of hydrogen-bond acceptors (Lipinski definition) is 22. The number of benzene rings is 2. The maximum Gasteiger partial charge on any atom is 0.407 e. The van der Waals surface area contributed by atoms with Crippen molar-refractivity contribution in [3.63, 3.8) is 0 Å². The summed E-state index contributed by atoms with van der Waals surface area (Å²) in [6.45, 7) is 13.6. The van der Waals surface area contributed by atoms with E-state index in [1.807, 2.05) is 77.9 Å². The highest BCUT2D eigenvalue weighted by molar-refractivity contribution is 6.28. The fraction of sp³-hybridized carbons (Fsp3) is 0.400. The average Bonchev–Trinajstić information content (AvgIpc) is 4.26. The van der Waals surface area contributed by atoms with Crippen molar-refractivity contribution in [3.05, 3.63) is 91.0 Å². The van der Waals surface area contributed by atoms with E-state index in [0.29, 0.717) is 103 Å². The van der Waals surface area contributed by atoms with Crippen molar-refractivity contribution in [3.8, 4) is 22.9 Å². The van der Waals surface area contributed by atoms with E-state index in [1.165, 1.54) is 25.1 Å². The van der Waals surface area contributed by atoms with E-state index in [0.717, 1.165) is 11.4 Å². The summed E-state index contributed by atoms with van der Waals surface area (Å²) in [7, 11) is 2.70. The number of carbonyl (C=O) groups is 4. The molecule has 0 atom stereocenters. The lowest BCUT2D eigenvalue weighted by molar-refractivity contribution is -0.141. The van der Waals surface area contributed by atoms with Crippen molar-refractivity contribution in [2.75, 3.05) is 51.6 Å². The fourth-order valence-corrected chi connectivity index (χ4v) is 6.69. The van der Waals surface area contributed by atoms with Crippen LogP contribution in [0.3, 0.4) is 0 Å². The predicted molar refractivity (Wildman–Crippen MR) is 288 cm³/mol. The molecule has 0 aliphatic carbocycles. The van der Waals surface area contributed by atoms with Gasteiger partial charge in [0.25, 0.3) is 0 Å². The molecule has 0 fully saturated rings. The molecule has 0 saturated carbocycles. The van der Waals surface area contributed by atoms with Gasteiger partial charge in [0, 0.05) is 36.6 Å². The van der Waals surface area contributed by atoms with Crippen molar-refractivity contribution in [2.45, 2.75) is 91.5 Å². The Balaban J connectivity index is 0.000000212. The Labute approximate surface area is 458 Å². The van der Waals surface area contributed by atoms with E-state index in [4.69, 9.17) is 36.3 Å². The van der Waals surface area contributed by atoms with E-state index in [-0.39, 0.29) is 30.1 Å². The highest BCUT2D eigenvalue weighted by Gasteiger charge is 2.18. The number of carbonyl (C=O) groups excluding carboxylic acids is 4. The highest BCUT2D eigenvalue weighted by Crippen LogP contribution is 2.22. The van der Waals surface area contributed by atoms with Crippen LogP contribution in [0.4, 0.5) is 26.9 Å². The number of amides is 2. The van der Waals surface area contributed by atoms with Gasteiger partial charge in [0.1, 0.15) is 34.1 Å². The smallest absolute Gasteiger partial charge is 0.407 e.